The summed E-state index contributed by atoms with van der Waals surface area (Å²) < 4.78 is 13.7. The van der Waals surface area contributed by atoms with E-state index >= 15 is 0 Å². The van der Waals surface area contributed by atoms with Gasteiger partial charge in [-0.3, -0.25) is 4.90 Å². The van der Waals surface area contributed by atoms with Crippen molar-refractivity contribution < 1.29 is 14.6 Å². The van der Waals surface area contributed by atoms with Crippen molar-refractivity contribution in [2.24, 2.45) is 7.05 Å². The summed E-state index contributed by atoms with van der Waals surface area (Å²) in [4.78, 5) is 2.33. The molecule has 0 amide bonds. The molecule has 7 heteroatoms. The fraction of sp³-hybridized carbons (Fsp3) is 0.423. The van der Waals surface area contributed by atoms with Gasteiger partial charge < -0.3 is 14.6 Å². The van der Waals surface area contributed by atoms with Gasteiger partial charge in [0.05, 0.1) is 24.4 Å². The maximum absolute atomic E-state index is 10.6. The van der Waals surface area contributed by atoms with E-state index in [2.05, 4.69) is 17.0 Å². The molecule has 3 aromatic rings. The molecule has 0 aliphatic heterocycles. The molecule has 0 spiro atoms. The van der Waals surface area contributed by atoms with Crippen LogP contribution in [0.15, 0.2) is 54.6 Å². The van der Waals surface area contributed by atoms with Crippen LogP contribution in [-0.4, -0.2) is 51.2 Å². The Balaban J connectivity index is 1.64. The highest BCUT2D eigenvalue weighted by molar-refractivity contribution is 6.30. The van der Waals surface area contributed by atoms with Gasteiger partial charge in [-0.2, -0.15) is 5.10 Å². The van der Waals surface area contributed by atoms with E-state index in [1.54, 1.807) is 4.68 Å². The Labute approximate surface area is 200 Å². The summed E-state index contributed by atoms with van der Waals surface area (Å²) in [5.74, 6) is 1.39. The van der Waals surface area contributed by atoms with Crippen molar-refractivity contribution in [2.45, 2.75) is 51.5 Å². The fourth-order valence-corrected chi connectivity index (χ4v) is 4.00. The third-order valence-electron chi connectivity index (χ3n) is 5.65. The second-order valence-electron chi connectivity index (χ2n) is 8.87. The van der Waals surface area contributed by atoms with E-state index in [-0.39, 0.29) is 6.10 Å². The largest absolute Gasteiger partial charge is 0.439 e. The van der Waals surface area contributed by atoms with Gasteiger partial charge in [0, 0.05) is 36.8 Å². The Morgan fingerprint density at radius 2 is 1.82 bits per heavy atom. The van der Waals surface area contributed by atoms with Gasteiger partial charge in [0.15, 0.2) is 0 Å². The van der Waals surface area contributed by atoms with Crippen LogP contribution in [-0.2, 0) is 18.3 Å². The Morgan fingerprint density at radius 1 is 1.12 bits per heavy atom. The van der Waals surface area contributed by atoms with E-state index < -0.39 is 6.10 Å². The molecule has 1 aliphatic carbocycles. The zero-order valence-corrected chi connectivity index (χ0v) is 20.2. The predicted octanol–water partition coefficient (Wildman–Crippen LogP) is 5.28. The molecule has 176 valence electrons. The van der Waals surface area contributed by atoms with E-state index in [0.29, 0.717) is 42.4 Å². The fourth-order valence-electron chi connectivity index (χ4n) is 3.88. The van der Waals surface area contributed by atoms with Crippen molar-refractivity contribution in [2.75, 3.05) is 13.2 Å². The Hall–Kier alpha value is -2.38. The van der Waals surface area contributed by atoms with Gasteiger partial charge in [-0.25, -0.2) is 4.68 Å². The number of benzene rings is 2. The molecule has 6 nitrogen and oxygen atoms in total. The lowest BCUT2D eigenvalue weighted by molar-refractivity contribution is -0.0107. The van der Waals surface area contributed by atoms with E-state index in [1.165, 1.54) is 0 Å². The zero-order valence-electron chi connectivity index (χ0n) is 19.4. The van der Waals surface area contributed by atoms with Crippen LogP contribution in [0, 0.1) is 0 Å². The highest BCUT2D eigenvalue weighted by atomic mass is 35.5. The third kappa shape index (κ3) is 6.36. The molecule has 0 bridgehead atoms. The Bertz CT molecular complexity index is 1030. The standard InChI is InChI=1S/C26H32ClN3O3/c1-18(2)32-17-22(31)15-30(21-11-12-21)16-24-25(19-7-5-4-6-8-19)28-29(3)26(24)33-23-13-9-20(27)10-14-23/h4-10,13-14,18,21-22,31H,11-12,15-17H2,1-3H3/t22-/m0/s1. The highest BCUT2D eigenvalue weighted by Crippen LogP contribution is 2.37. The summed E-state index contributed by atoms with van der Waals surface area (Å²) >= 11 is 6.05. The molecular weight excluding hydrogens is 438 g/mol. The van der Waals surface area contributed by atoms with Gasteiger partial charge >= 0.3 is 0 Å². The highest BCUT2D eigenvalue weighted by Gasteiger charge is 2.33. The number of hydrogen-bond acceptors (Lipinski definition) is 5. The smallest absolute Gasteiger partial charge is 0.222 e. The number of nitrogens with zero attached hydrogens (tertiary/aromatic N) is 3. The first-order valence-corrected chi connectivity index (χ1v) is 11.9. The number of halogens is 1. The average Bonchev–Trinajstić information content (AvgIpc) is 3.60. The van der Waals surface area contributed by atoms with Crippen LogP contribution in [0.1, 0.15) is 32.3 Å². The van der Waals surface area contributed by atoms with E-state index in [1.807, 2.05) is 63.4 Å². The minimum atomic E-state index is -0.550. The van der Waals surface area contributed by atoms with E-state index in [9.17, 15) is 5.11 Å². The van der Waals surface area contributed by atoms with Crippen molar-refractivity contribution in [1.29, 1.82) is 0 Å². The molecule has 1 fully saturated rings. The SMILES string of the molecule is CC(C)OC[C@@H](O)CN(Cc1c(-c2ccccc2)nn(C)c1Oc1ccc(Cl)cc1)C1CC1. The van der Waals surface area contributed by atoms with E-state index in [4.69, 9.17) is 26.2 Å². The van der Waals surface area contributed by atoms with Crippen molar-refractivity contribution in [3.05, 3.63) is 65.2 Å². The summed E-state index contributed by atoms with van der Waals surface area (Å²) in [6.45, 7) is 5.46. The number of aromatic nitrogens is 2. The minimum absolute atomic E-state index is 0.0939. The Morgan fingerprint density at radius 3 is 2.45 bits per heavy atom. The van der Waals surface area contributed by atoms with Crippen LogP contribution in [0.5, 0.6) is 11.6 Å². The lowest BCUT2D eigenvalue weighted by Gasteiger charge is -2.26. The number of aliphatic hydroxyl groups is 1. The number of rotatable bonds is 11. The maximum atomic E-state index is 10.6. The summed E-state index contributed by atoms with van der Waals surface area (Å²) in [6, 6.07) is 17.9. The van der Waals surface area contributed by atoms with Gasteiger partial charge in [0.2, 0.25) is 5.88 Å². The summed E-state index contributed by atoms with van der Waals surface area (Å²) in [5.41, 5.74) is 2.93. The van der Waals surface area contributed by atoms with Crippen molar-refractivity contribution in [3.8, 4) is 22.9 Å². The molecule has 33 heavy (non-hydrogen) atoms. The first kappa shape index (κ1) is 23.8. The molecule has 4 rings (SSSR count). The molecule has 0 radical (unpaired) electrons. The number of aryl methyl sites for hydroxylation is 1. The topological polar surface area (TPSA) is 59.8 Å². The molecular formula is C26H32ClN3O3. The second-order valence-corrected chi connectivity index (χ2v) is 9.31. The molecule has 2 aromatic carbocycles. The maximum Gasteiger partial charge on any atom is 0.222 e. The first-order valence-electron chi connectivity index (χ1n) is 11.5. The van der Waals surface area contributed by atoms with Crippen molar-refractivity contribution in [1.82, 2.24) is 14.7 Å². The summed E-state index contributed by atoms with van der Waals surface area (Å²) in [7, 11) is 1.90. The van der Waals surface area contributed by atoms with Crippen LogP contribution >= 0.6 is 11.6 Å². The second kappa shape index (κ2) is 10.7. The van der Waals surface area contributed by atoms with E-state index in [0.717, 1.165) is 29.7 Å². The quantitative estimate of drug-likeness (QED) is 0.414. The molecule has 0 saturated heterocycles. The minimum Gasteiger partial charge on any atom is -0.439 e. The number of aliphatic hydroxyl groups excluding tert-OH is 1. The normalized spacial score (nSPS) is 14.8. The lowest BCUT2D eigenvalue weighted by Crippen LogP contribution is -2.36. The molecule has 1 saturated carbocycles. The molecule has 1 aromatic heterocycles. The number of ether oxygens (including phenoxy) is 2. The molecule has 1 atom stereocenters. The molecule has 0 unspecified atom stereocenters. The van der Waals surface area contributed by atoms with Crippen LogP contribution in [0.25, 0.3) is 11.3 Å². The molecule has 1 aliphatic rings. The monoisotopic (exact) mass is 469 g/mol. The zero-order chi connectivity index (χ0) is 23.4. The van der Waals surface area contributed by atoms with Crippen LogP contribution in [0.2, 0.25) is 5.02 Å². The molecule has 1 N–H and O–H groups in total. The van der Waals surface area contributed by atoms with Crippen molar-refractivity contribution >= 4 is 11.6 Å². The number of hydrogen-bond donors (Lipinski definition) is 1. The van der Waals surface area contributed by atoms with Crippen LogP contribution in [0.3, 0.4) is 0 Å². The average molecular weight is 470 g/mol. The van der Waals surface area contributed by atoms with Gasteiger partial charge in [-0.1, -0.05) is 41.9 Å². The van der Waals surface area contributed by atoms with Gasteiger partial charge in [-0.05, 0) is 51.0 Å². The van der Waals surface area contributed by atoms with Crippen LogP contribution in [0.4, 0.5) is 0 Å². The first-order chi connectivity index (χ1) is 15.9. The van der Waals surface area contributed by atoms with Crippen LogP contribution < -0.4 is 4.74 Å². The predicted molar refractivity (Wildman–Crippen MR) is 131 cm³/mol. The molecule has 1 heterocycles. The lowest BCUT2D eigenvalue weighted by atomic mass is 10.1. The van der Waals surface area contributed by atoms with Crippen molar-refractivity contribution in [3.63, 3.8) is 0 Å². The summed E-state index contributed by atoms with van der Waals surface area (Å²) in [5, 5.41) is 16.1. The summed E-state index contributed by atoms with van der Waals surface area (Å²) in [6.07, 6.45) is 1.81. The van der Waals surface area contributed by atoms with Gasteiger partial charge in [-0.15, -0.1) is 0 Å². The van der Waals surface area contributed by atoms with Gasteiger partial charge in [0.1, 0.15) is 11.4 Å². The Kier molecular flexibility index (Phi) is 7.71. The van der Waals surface area contributed by atoms with Gasteiger partial charge in [0.25, 0.3) is 0 Å². The third-order valence-corrected chi connectivity index (χ3v) is 5.91.